The van der Waals surface area contributed by atoms with Gasteiger partial charge in [0.1, 0.15) is 0 Å². The Bertz CT molecular complexity index is 648. The summed E-state index contributed by atoms with van der Waals surface area (Å²) in [4.78, 5) is 37.8. The predicted octanol–water partition coefficient (Wildman–Crippen LogP) is 1.32. The summed E-state index contributed by atoms with van der Waals surface area (Å²) < 4.78 is 0. The minimum absolute atomic E-state index is 0. The fourth-order valence-corrected chi connectivity index (χ4v) is 2.82. The third-order valence-electron chi connectivity index (χ3n) is 4.62. The molecular formula is C19H30ClN5O3. The van der Waals surface area contributed by atoms with Gasteiger partial charge in [-0.25, -0.2) is 4.79 Å². The number of nitrogens with zero attached hydrogens (tertiary/aromatic N) is 1. The van der Waals surface area contributed by atoms with Gasteiger partial charge in [-0.1, -0.05) is 32.0 Å². The third kappa shape index (κ3) is 7.36. The first kappa shape index (κ1) is 23.7. The van der Waals surface area contributed by atoms with E-state index in [1.807, 2.05) is 44.2 Å². The maximum absolute atomic E-state index is 12.3. The van der Waals surface area contributed by atoms with Crippen molar-refractivity contribution in [2.24, 2.45) is 11.7 Å². The highest BCUT2D eigenvalue weighted by Gasteiger charge is 2.24. The van der Waals surface area contributed by atoms with E-state index in [0.717, 1.165) is 5.69 Å². The van der Waals surface area contributed by atoms with Gasteiger partial charge in [-0.3, -0.25) is 9.59 Å². The fourth-order valence-electron chi connectivity index (χ4n) is 2.82. The second kappa shape index (κ2) is 11.5. The van der Waals surface area contributed by atoms with Crippen LogP contribution in [0, 0.1) is 5.92 Å². The summed E-state index contributed by atoms with van der Waals surface area (Å²) in [5, 5.41) is 8.32. The van der Waals surface area contributed by atoms with Crippen LogP contribution in [0.25, 0.3) is 0 Å². The van der Waals surface area contributed by atoms with Crippen molar-refractivity contribution in [3.63, 3.8) is 0 Å². The number of halogens is 1. The first-order valence-electron chi connectivity index (χ1n) is 9.30. The maximum atomic E-state index is 12.3. The fraction of sp³-hybridized carbons (Fsp3) is 0.526. The zero-order valence-electron chi connectivity index (χ0n) is 16.3. The molecule has 1 fully saturated rings. The molecule has 1 aromatic carbocycles. The molecule has 4 amide bonds. The van der Waals surface area contributed by atoms with Crippen LogP contribution in [0.3, 0.4) is 0 Å². The lowest BCUT2D eigenvalue weighted by atomic mass is 10.0. The molecule has 28 heavy (non-hydrogen) atoms. The number of amides is 4. The van der Waals surface area contributed by atoms with Crippen molar-refractivity contribution in [3.8, 4) is 0 Å². The molecule has 1 atom stereocenters. The Morgan fingerprint density at radius 1 is 1.14 bits per heavy atom. The molecule has 1 heterocycles. The van der Waals surface area contributed by atoms with Crippen LogP contribution in [-0.2, 0) is 9.59 Å². The monoisotopic (exact) mass is 411 g/mol. The number of piperidine rings is 1. The smallest absolute Gasteiger partial charge is 0.321 e. The minimum atomic E-state index is -0.621. The molecule has 1 aliphatic rings. The average molecular weight is 412 g/mol. The summed E-state index contributed by atoms with van der Waals surface area (Å²) in [5.41, 5.74) is 6.50. The highest BCUT2D eigenvalue weighted by atomic mass is 35.5. The topological polar surface area (TPSA) is 117 Å². The van der Waals surface area contributed by atoms with Crippen LogP contribution in [0.4, 0.5) is 10.5 Å². The molecule has 0 saturated carbocycles. The van der Waals surface area contributed by atoms with E-state index in [1.54, 1.807) is 4.90 Å². The van der Waals surface area contributed by atoms with Gasteiger partial charge in [-0.2, -0.15) is 0 Å². The van der Waals surface area contributed by atoms with Crippen molar-refractivity contribution in [2.45, 2.75) is 38.8 Å². The SMILES string of the molecule is CC(C)[C@H](N)C(=O)NCC(=O)NC1CCN(C(=O)Nc2ccccc2)CC1.Cl. The number of para-hydroxylation sites is 1. The highest BCUT2D eigenvalue weighted by molar-refractivity contribution is 5.89. The quantitative estimate of drug-likeness (QED) is 0.564. The first-order chi connectivity index (χ1) is 12.9. The summed E-state index contributed by atoms with van der Waals surface area (Å²) >= 11 is 0. The van der Waals surface area contributed by atoms with Gasteiger partial charge in [-0.05, 0) is 30.9 Å². The van der Waals surface area contributed by atoms with Crippen LogP contribution in [0.1, 0.15) is 26.7 Å². The number of carbonyl (C=O) groups is 3. The van der Waals surface area contributed by atoms with Gasteiger partial charge in [0.15, 0.2) is 0 Å². The Balaban J connectivity index is 0.00000392. The van der Waals surface area contributed by atoms with Crippen LogP contribution >= 0.6 is 12.4 Å². The van der Waals surface area contributed by atoms with E-state index in [4.69, 9.17) is 5.73 Å². The molecular weight excluding hydrogens is 382 g/mol. The summed E-state index contributed by atoms with van der Waals surface area (Å²) in [5.74, 6) is -0.557. The van der Waals surface area contributed by atoms with Crippen LogP contribution in [0.5, 0.6) is 0 Å². The molecule has 1 saturated heterocycles. The van der Waals surface area contributed by atoms with Gasteiger partial charge in [0, 0.05) is 24.8 Å². The van der Waals surface area contributed by atoms with Crippen molar-refractivity contribution >= 4 is 35.9 Å². The molecule has 5 N–H and O–H groups in total. The number of carbonyl (C=O) groups excluding carboxylic acids is 3. The second-order valence-corrected chi connectivity index (χ2v) is 7.11. The molecule has 1 aromatic rings. The molecule has 9 heteroatoms. The Morgan fingerprint density at radius 3 is 2.32 bits per heavy atom. The van der Waals surface area contributed by atoms with E-state index in [0.29, 0.717) is 25.9 Å². The summed E-state index contributed by atoms with van der Waals surface area (Å²) in [6.45, 7) is 4.74. The van der Waals surface area contributed by atoms with Crippen molar-refractivity contribution < 1.29 is 14.4 Å². The zero-order valence-corrected chi connectivity index (χ0v) is 17.1. The standard InChI is InChI=1S/C19H29N5O3.ClH/c1-13(2)17(20)18(26)21-12-16(25)22-15-8-10-24(11-9-15)19(27)23-14-6-4-3-5-7-14;/h3-7,13,15,17H,8-12,20H2,1-2H3,(H,21,26)(H,22,25)(H,23,27);1H/t17-;/m0./s1. The van der Waals surface area contributed by atoms with Crippen molar-refractivity contribution in [3.05, 3.63) is 30.3 Å². The molecule has 0 spiro atoms. The number of nitrogens with one attached hydrogen (secondary N) is 3. The Kier molecular flexibility index (Phi) is 9.75. The molecule has 2 rings (SSSR count). The molecule has 0 radical (unpaired) electrons. The number of nitrogens with two attached hydrogens (primary N) is 1. The lowest BCUT2D eigenvalue weighted by Gasteiger charge is -2.32. The predicted molar refractivity (Wildman–Crippen MR) is 111 cm³/mol. The second-order valence-electron chi connectivity index (χ2n) is 7.11. The van der Waals surface area contributed by atoms with Gasteiger partial charge in [0.05, 0.1) is 12.6 Å². The Labute approximate surface area is 172 Å². The molecule has 1 aliphatic heterocycles. The molecule has 0 aromatic heterocycles. The Morgan fingerprint density at radius 2 is 1.75 bits per heavy atom. The highest BCUT2D eigenvalue weighted by Crippen LogP contribution is 2.13. The summed E-state index contributed by atoms with van der Waals surface area (Å²) in [7, 11) is 0. The average Bonchev–Trinajstić information content (AvgIpc) is 2.66. The van der Waals surface area contributed by atoms with Gasteiger partial charge in [0.25, 0.3) is 0 Å². The van der Waals surface area contributed by atoms with Crippen molar-refractivity contribution in [1.29, 1.82) is 0 Å². The number of hydrogen-bond donors (Lipinski definition) is 4. The number of rotatable bonds is 6. The van der Waals surface area contributed by atoms with Gasteiger partial charge in [-0.15, -0.1) is 12.4 Å². The lowest BCUT2D eigenvalue weighted by Crippen LogP contribution is -2.51. The van der Waals surface area contributed by atoms with Gasteiger partial charge in [0.2, 0.25) is 11.8 Å². The molecule has 0 aliphatic carbocycles. The zero-order chi connectivity index (χ0) is 19.8. The molecule has 0 bridgehead atoms. The van der Waals surface area contributed by atoms with Crippen molar-refractivity contribution in [2.75, 3.05) is 25.0 Å². The summed E-state index contributed by atoms with van der Waals surface area (Å²) in [6, 6.07) is 8.53. The van der Waals surface area contributed by atoms with Crippen LogP contribution < -0.4 is 21.7 Å². The van der Waals surface area contributed by atoms with E-state index in [2.05, 4.69) is 16.0 Å². The third-order valence-corrected chi connectivity index (χ3v) is 4.62. The van der Waals surface area contributed by atoms with Gasteiger partial charge < -0.3 is 26.6 Å². The van der Waals surface area contributed by atoms with E-state index in [-0.39, 0.29) is 48.8 Å². The largest absolute Gasteiger partial charge is 0.352 e. The molecule has 156 valence electrons. The van der Waals surface area contributed by atoms with E-state index < -0.39 is 6.04 Å². The normalized spacial score (nSPS) is 15.4. The lowest BCUT2D eigenvalue weighted by molar-refractivity contribution is -0.127. The maximum Gasteiger partial charge on any atom is 0.321 e. The van der Waals surface area contributed by atoms with E-state index in [1.165, 1.54) is 0 Å². The number of likely N-dealkylation sites (tertiary alicyclic amines) is 1. The summed E-state index contributed by atoms with van der Waals surface area (Å²) in [6.07, 6.45) is 1.35. The van der Waals surface area contributed by atoms with Crippen LogP contribution in [0.15, 0.2) is 30.3 Å². The number of urea groups is 1. The van der Waals surface area contributed by atoms with E-state index in [9.17, 15) is 14.4 Å². The van der Waals surface area contributed by atoms with Crippen LogP contribution in [0.2, 0.25) is 0 Å². The number of hydrogen-bond acceptors (Lipinski definition) is 4. The Hall–Kier alpha value is -2.32. The first-order valence-corrected chi connectivity index (χ1v) is 9.30. The van der Waals surface area contributed by atoms with E-state index >= 15 is 0 Å². The molecule has 8 nitrogen and oxygen atoms in total. The number of anilines is 1. The van der Waals surface area contributed by atoms with Crippen molar-refractivity contribution in [1.82, 2.24) is 15.5 Å². The minimum Gasteiger partial charge on any atom is -0.352 e. The van der Waals surface area contributed by atoms with Gasteiger partial charge >= 0.3 is 6.03 Å². The van der Waals surface area contributed by atoms with Crippen LogP contribution in [-0.4, -0.2) is 54.5 Å². The number of benzene rings is 1. The molecule has 0 unspecified atom stereocenters.